The van der Waals surface area contributed by atoms with E-state index in [9.17, 15) is 47.9 Å². The van der Waals surface area contributed by atoms with E-state index in [1.165, 1.54) is 32.5 Å². The number of carbonyl (C=O) groups excluding carboxylic acids is 12. The molecule has 0 saturated heterocycles. The van der Waals surface area contributed by atoms with Gasteiger partial charge in [-0.1, -0.05) is 151 Å². The second-order valence-corrected chi connectivity index (χ2v) is 46.8. The number of methoxy groups -OCH3 is 3. The number of hydrogen-bond acceptors (Lipinski definition) is 24. The highest BCUT2D eigenvalue weighted by Crippen LogP contribution is 2.56. The van der Waals surface area contributed by atoms with Crippen LogP contribution in [-0.2, 0) is 112 Å². The van der Waals surface area contributed by atoms with E-state index in [0.717, 1.165) is 137 Å². The molecule has 806 valence electrons. The topological polar surface area (TPSA) is 384 Å². The maximum atomic E-state index is 13.6. The van der Waals surface area contributed by atoms with Crippen molar-refractivity contribution >= 4 is 114 Å². The number of rotatable bonds is 18. The Balaban J connectivity index is 0.000000169. The summed E-state index contributed by atoms with van der Waals surface area (Å²) in [6.07, 6.45) is 15.4. The number of esters is 3. The number of ether oxygens (including phenoxy) is 8. The molecule has 0 radical (unpaired) electrons. The van der Waals surface area contributed by atoms with Crippen molar-refractivity contribution in [2.75, 3.05) is 69.7 Å². The number of nitrogens with one attached hydrogen (secondary N) is 2. The van der Waals surface area contributed by atoms with Gasteiger partial charge in [-0.2, -0.15) is 19.8 Å². The monoisotopic (exact) mass is 2250 g/mol. The number of fused-ring (bicyclic) bond motifs is 2. The van der Waals surface area contributed by atoms with Crippen LogP contribution < -0.4 is 16.4 Å². The molecule has 4 N–H and O–H groups in total. The van der Waals surface area contributed by atoms with Crippen LogP contribution in [0.5, 0.6) is 0 Å². The van der Waals surface area contributed by atoms with Gasteiger partial charge in [0.25, 0.3) is 11.8 Å². The number of nitrogens with two attached hydrogens (primary N) is 1. The minimum Gasteiger partial charge on any atom is -0.465 e. The zero-order valence-corrected chi connectivity index (χ0v) is 95.1. The van der Waals surface area contributed by atoms with Crippen LogP contribution >= 0.6 is 47.8 Å². The number of halogens is 3. The van der Waals surface area contributed by atoms with E-state index in [1.54, 1.807) is 92.1 Å². The predicted molar refractivity (Wildman–Crippen MR) is 576 cm³/mol. The first-order valence-electron chi connectivity index (χ1n) is 50.3. The molecule has 36 heteroatoms. The lowest BCUT2D eigenvalue weighted by atomic mass is 9.99. The van der Waals surface area contributed by atoms with Crippen LogP contribution in [0.3, 0.4) is 0 Å². The third-order valence-corrected chi connectivity index (χ3v) is 28.8. The number of benzene rings is 7. The van der Waals surface area contributed by atoms with Gasteiger partial charge in [0.2, 0.25) is 0 Å². The average molecular weight is 2260 g/mol. The molecule has 4 heterocycles. The lowest BCUT2D eigenvalue weighted by Crippen LogP contribution is -2.43. The Hall–Kier alpha value is -12.6. The number of alkyl carbamates (subject to hydrolysis) is 1. The Bertz CT molecular complexity index is 6370. The van der Waals surface area contributed by atoms with Crippen molar-refractivity contribution in [3.8, 4) is 0 Å². The lowest BCUT2D eigenvalue weighted by Gasteiger charge is -2.32. The molecule has 9 aliphatic rings. The summed E-state index contributed by atoms with van der Waals surface area (Å²) in [7, 11) is 13.3. The fraction of sp³-hybridized carbons (Fsp3) is 0.482. The molecule has 33 nitrogen and oxygen atoms in total. The molecule has 7 amide bonds. The van der Waals surface area contributed by atoms with Gasteiger partial charge in [0.05, 0.1) is 127 Å². The van der Waals surface area contributed by atoms with E-state index in [2.05, 4.69) is 111 Å². The molecule has 7 fully saturated rings. The smallest absolute Gasteiger partial charge is 0.410 e. The first-order valence-corrected chi connectivity index (χ1v) is 52.7. The van der Waals surface area contributed by atoms with Crippen LogP contribution in [0.1, 0.15) is 296 Å². The van der Waals surface area contributed by atoms with Gasteiger partial charge in [0.15, 0.2) is 0 Å². The molecular formula is C114H144Br3N13O20. The highest BCUT2D eigenvalue weighted by Gasteiger charge is 2.56. The van der Waals surface area contributed by atoms with E-state index < -0.39 is 45.6 Å². The van der Waals surface area contributed by atoms with Crippen molar-refractivity contribution in [1.29, 1.82) is 0 Å². The zero-order chi connectivity index (χ0) is 110. The largest absolute Gasteiger partial charge is 0.465 e. The summed E-state index contributed by atoms with van der Waals surface area (Å²) in [4.78, 5) is 150. The Morgan fingerprint density at radius 3 is 0.973 bits per heavy atom. The van der Waals surface area contributed by atoms with Gasteiger partial charge in [-0.25, -0.2) is 38.4 Å². The third-order valence-electron chi connectivity index (χ3n) is 27.3. The van der Waals surface area contributed by atoms with Gasteiger partial charge in [-0.3, -0.25) is 19.0 Å². The first-order chi connectivity index (χ1) is 70.3. The summed E-state index contributed by atoms with van der Waals surface area (Å²) in [5.41, 5.74) is 13.8. The minimum atomic E-state index is -0.593. The molecular weight excluding hydrogens is 2110 g/mol. The van der Waals surface area contributed by atoms with Gasteiger partial charge in [-0.15, -0.1) is 0 Å². The van der Waals surface area contributed by atoms with Crippen LogP contribution in [0.15, 0.2) is 202 Å². The van der Waals surface area contributed by atoms with Gasteiger partial charge in [0.1, 0.15) is 28.0 Å². The third kappa shape index (κ3) is 30.5. The van der Waals surface area contributed by atoms with E-state index in [-0.39, 0.29) is 94.1 Å². The highest BCUT2D eigenvalue weighted by molar-refractivity contribution is 9.11. The van der Waals surface area contributed by atoms with Crippen molar-refractivity contribution in [3.63, 3.8) is 0 Å². The predicted octanol–water partition coefficient (Wildman–Crippen LogP) is 21.7. The summed E-state index contributed by atoms with van der Waals surface area (Å²) in [5, 5.41) is 15.1. The summed E-state index contributed by atoms with van der Waals surface area (Å²) in [6.45, 7) is 30.4. The molecule has 150 heavy (non-hydrogen) atoms. The quantitative estimate of drug-likeness (QED) is 0.0530. The fourth-order valence-electron chi connectivity index (χ4n) is 17.9. The maximum absolute atomic E-state index is 13.6. The first kappa shape index (κ1) is 118. The van der Waals surface area contributed by atoms with Crippen LogP contribution in [0.25, 0.3) is 0 Å². The Labute approximate surface area is 905 Å². The molecule has 0 atom stereocenters. The highest BCUT2D eigenvalue weighted by atomic mass is 79.9. The SMILES string of the molecule is CC(C)(C)OC(=O)NC1(c2cccc(Br)c2)CC1.CN(C(=O)OC(C)(C)C)C1(c2cccc(Br)c2)CC1.CN(C(=O)c1cnn2c1CN(C(=O)OC(C)(C)C)CC2)C1(c2ccccc2)CC1.CNC1(c2cccc(C(=O)OC)c2)CC1.COC(=O)c1cccc(C2(N(C)C(=O)OC(C)(C)C)CC2)c1.COC(=O)c1cccc(C2(N(C)C(=O)c3cnn4c3CN(C(=O)OC(C)(C)C)CC4)CC2)c1.NC1(c2cccc(Br)c2)CC1.O=C=O. The Morgan fingerprint density at radius 2 is 0.653 bits per heavy atom. The van der Waals surface area contributed by atoms with E-state index in [1.807, 2.05) is 232 Å². The fourth-order valence-corrected chi connectivity index (χ4v) is 19.1. The molecule has 0 spiro atoms. The molecule has 7 aromatic carbocycles. The van der Waals surface area contributed by atoms with Crippen molar-refractivity contribution in [2.24, 2.45) is 5.73 Å². The molecule has 7 saturated carbocycles. The van der Waals surface area contributed by atoms with E-state index in [4.69, 9.17) is 53.2 Å². The average Bonchev–Trinajstić information content (AvgIpc) is 1.61. The molecule has 0 bridgehead atoms. The number of amides is 7. The number of aromatic nitrogens is 4. The van der Waals surface area contributed by atoms with Gasteiger partial charge >= 0.3 is 54.5 Å². The molecule has 2 aliphatic heterocycles. The Kier molecular flexibility index (Phi) is 37.6. The standard InChI is InChI=1S/C24H30N4O5.C22H28N4O3.C17H23NO4.C15H20BrNO2.C14H18BrNO2.C12H15NO2.C9H10BrN.CO2/c1-23(2,3)33-22(31)27-11-12-28-19(15-27)18(14-25-28)20(29)26(4)24(9-10-24)17-8-6-7-16(13-17)21(30)32-5;1-21(2,3)29-20(28)25-12-13-26-18(15-25)17(14-23-26)19(27)24(4)22(10-11-22)16-8-6-5-7-9-16;1-16(2,3)22-15(20)18(4)17(9-10-17)13-8-6-7-12(11-13)14(19)21-5;1-14(2,3)19-13(18)17(4)15(8-9-15)11-6-5-7-12(16)10-11;1-13(2,3)18-12(17)16-14(7-8-14)10-5-4-6-11(15)9-10;1-13-12(6-7-12)10-5-3-4-9(8-10)11(14)15-2;10-8-3-1-2-7(6-8)9(11)4-5-9;2-1-3/h6-8,13-14H,9-12,15H2,1-5H3;5-9,14H,10-13,15H2,1-4H3;6-8,11H,9-10H2,1-5H3;5-7,10H,8-9H2,1-4H3;4-6,9H,7-8H2,1-3H3,(H,16,17);3-5,8,13H,6-7H2,1-2H3;1-3,6H,4-5,11H2;. The van der Waals surface area contributed by atoms with Crippen LogP contribution in [0, 0.1) is 0 Å². The maximum Gasteiger partial charge on any atom is 0.410 e. The molecule has 0 unspecified atom stereocenters. The van der Waals surface area contributed by atoms with E-state index in [0.29, 0.717) is 66.2 Å². The van der Waals surface area contributed by atoms with Crippen molar-refractivity contribution in [2.45, 2.75) is 287 Å². The number of nitrogens with zero attached hydrogens (tertiary/aromatic N) is 10. The van der Waals surface area contributed by atoms with E-state index >= 15 is 0 Å². The number of carbonyl (C=O) groups is 10. The summed E-state index contributed by atoms with van der Waals surface area (Å²) < 4.78 is 48.3. The molecule has 18 rings (SSSR count). The lowest BCUT2D eigenvalue weighted by molar-refractivity contribution is -0.191. The summed E-state index contributed by atoms with van der Waals surface area (Å²) in [5.74, 6) is -1.28. The van der Waals surface area contributed by atoms with Crippen LogP contribution in [0.4, 0.5) is 24.0 Å². The second-order valence-electron chi connectivity index (χ2n) is 44.1. The Morgan fingerprint density at radius 1 is 0.360 bits per heavy atom. The minimum absolute atomic E-state index is 0.00375. The molecule has 9 aromatic rings. The normalized spacial score (nSPS) is 16.8. The van der Waals surface area contributed by atoms with Gasteiger partial charge < -0.3 is 83.7 Å². The van der Waals surface area contributed by atoms with Crippen LogP contribution in [-0.4, -0.2) is 213 Å². The van der Waals surface area contributed by atoms with Crippen molar-refractivity contribution < 1.29 is 95.4 Å². The van der Waals surface area contributed by atoms with Crippen LogP contribution in [0.2, 0.25) is 0 Å². The van der Waals surface area contributed by atoms with Gasteiger partial charge in [-0.05, 0) is 313 Å². The number of hydrogen-bond donors (Lipinski definition) is 3. The van der Waals surface area contributed by atoms with Crippen molar-refractivity contribution in [3.05, 3.63) is 280 Å². The van der Waals surface area contributed by atoms with Gasteiger partial charge in [0, 0.05) is 65.8 Å². The molecule has 2 aromatic heterocycles. The van der Waals surface area contributed by atoms with Crippen molar-refractivity contribution in [1.82, 2.24) is 59.6 Å². The second kappa shape index (κ2) is 47.9. The molecule has 7 aliphatic carbocycles. The summed E-state index contributed by atoms with van der Waals surface area (Å²) >= 11 is 10.4. The summed E-state index contributed by atoms with van der Waals surface area (Å²) in [6, 6.07) is 56.7. The zero-order valence-electron chi connectivity index (χ0n) is 90.4.